The summed E-state index contributed by atoms with van der Waals surface area (Å²) in [5.41, 5.74) is 2.29. The Hall–Kier alpha value is -0.340. The van der Waals surface area contributed by atoms with E-state index in [0.717, 1.165) is 24.3 Å². The lowest BCUT2D eigenvalue weighted by Crippen LogP contribution is -2.48. The second-order valence-electron chi connectivity index (χ2n) is 7.03. The topological polar surface area (TPSA) is 12.0 Å². The van der Waals surface area contributed by atoms with Crippen molar-refractivity contribution in [2.45, 2.75) is 50.5 Å². The molecule has 4 bridgehead atoms. The van der Waals surface area contributed by atoms with Crippen LogP contribution in [-0.4, -0.2) is 7.05 Å². The fourth-order valence-electron chi connectivity index (χ4n) is 5.39. The van der Waals surface area contributed by atoms with Gasteiger partial charge in [0.2, 0.25) is 0 Å². The van der Waals surface area contributed by atoms with Crippen LogP contribution >= 0.6 is 11.3 Å². The van der Waals surface area contributed by atoms with Gasteiger partial charge in [-0.25, -0.2) is 0 Å². The molecule has 1 N–H and O–H groups in total. The second-order valence-corrected chi connectivity index (χ2v) is 8.03. The number of rotatable bonds is 3. The van der Waals surface area contributed by atoms with Gasteiger partial charge in [-0.05, 0) is 85.8 Å². The van der Waals surface area contributed by atoms with Gasteiger partial charge in [-0.3, -0.25) is 0 Å². The van der Waals surface area contributed by atoms with Gasteiger partial charge in [0, 0.05) is 11.4 Å². The summed E-state index contributed by atoms with van der Waals surface area (Å²) < 4.78 is 0. The van der Waals surface area contributed by atoms with Gasteiger partial charge in [0.1, 0.15) is 0 Å². The highest BCUT2D eigenvalue weighted by Gasteiger charge is 2.51. The largest absolute Gasteiger partial charge is 0.315 e. The van der Waals surface area contributed by atoms with Gasteiger partial charge in [0.05, 0.1) is 0 Å². The van der Waals surface area contributed by atoms with Crippen molar-refractivity contribution < 1.29 is 0 Å². The van der Waals surface area contributed by atoms with E-state index in [9.17, 15) is 0 Å². The van der Waals surface area contributed by atoms with E-state index in [1.165, 1.54) is 24.1 Å². The van der Waals surface area contributed by atoms with Crippen LogP contribution in [0.15, 0.2) is 11.4 Å². The van der Waals surface area contributed by atoms with Crippen LogP contribution in [0.5, 0.6) is 0 Å². The molecule has 0 atom stereocenters. The maximum atomic E-state index is 3.28. The Labute approximate surface area is 114 Å². The normalized spacial score (nSPS) is 41.5. The SMILES string of the molecule is CNCc1cc(C23CC4CC(CC(C4)C2)C3)cs1. The lowest BCUT2D eigenvalue weighted by Gasteiger charge is -2.56. The molecule has 0 amide bonds. The molecule has 1 nitrogen and oxygen atoms in total. The molecule has 1 aromatic heterocycles. The van der Waals surface area contributed by atoms with Crippen molar-refractivity contribution in [2.75, 3.05) is 7.05 Å². The predicted octanol–water partition coefficient (Wildman–Crippen LogP) is 3.94. The molecule has 5 rings (SSSR count). The van der Waals surface area contributed by atoms with Crippen molar-refractivity contribution >= 4 is 11.3 Å². The summed E-state index contributed by atoms with van der Waals surface area (Å²) >= 11 is 1.96. The lowest BCUT2D eigenvalue weighted by molar-refractivity contribution is -0.00501. The van der Waals surface area contributed by atoms with Gasteiger partial charge >= 0.3 is 0 Å². The van der Waals surface area contributed by atoms with E-state index in [0.29, 0.717) is 5.41 Å². The van der Waals surface area contributed by atoms with E-state index >= 15 is 0 Å². The molecule has 4 aliphatic carbocycles. The summed E-state index contributed by atoms with van der Waals surface area (Å²) in [4.78, 5) is 1.52. The summed E-state index contributed by atoms with van der Waals surface area (Å²) in [7, 11) is 2.05. The molecular formula is C16H23NS. The zero-order chi connectivity index (χ0) is 12.2. The molecule has 2 heteroatoms. The quantitative estimate of drug-likeness (QED) is 0.869. The highest BCUT2D eigenvalue weighted by atomic mass is 32.1. The summed E-state index contributed by atoms with van der Waals surface area (Å²) in [5, 5.41) is 5.75. The van der Waals surface area contributed by atoms with Gasteiger partial charge in [-0.2, -0.15) is 0 Å². The Morgan fingerprint density at radius 1 is 1.17 bits per heavy atom. The van der Waals surface area contributed by atoms with Crippen LogP contribution in [0.4, 0.5) is 0 Å². The third-order valence-electron chi connectivity index (χ3n) is 5.66. The summed E-state index contributed by atoms with van der Waals surface area (Å²) in [6.45, 7) is 1.04. The van der Waals surface area contributed by atoms with Crippen LogP contribution in [0.3, 0.4) is 0 Å². The zero-order valence-electron chi connectivity index (χ0n) is 11.2. The molecule has 98 valence electrons. The maximum Gasteiger partial charge on any atom is 0.0296 e. The van der Waals surface area contributed by atoms with Crippen LogP contribution in [-0.2, 0) is 12.0 Å². The van der Waals surface area contributed by atoms with E-state index in [1.54, 1.807) is 24.8 Å². The predicted molar refractivity (Wildman–Crippen MR) is 76.9 cm³/mol. The molecule has 0 unspecified atom stereocenters. The lowest BCUT2D eigenvalue weighted by atomic mass is 9.48. The number of hydrogen-bond donors (Lipinski definition) is 1. The molecular weight excluding hydrogens is 238 g/mol. The average Bonchev–Trinajstić information content (AvgIpc) is 2.77. The van der Waals surface area contributed by atoms with Crippen LogP contribution in [0, 0.1) is 17.8 Å². The van der Waals surface area contributed by atoms with Gasteiger partial charge in [-0.1, -0.05) is 0 Å². The van der Waals surface area contributed by atoms with Crippen molar-refractivity contribution in [3.63, 3.8) is 0 Å². The van der Waals surface area contributed by atoms with Crippen LogP contribution < -0.4 is 5.32 Å². The minimum absolute atomic E-state index is 0.594. The number of thiophene rings is 1. The van der Waals surface area contributed by atoms with E-state index in [4.69, 9.17) is 0 Å². The van der Waals surface area contributed by atoms with Crippen LogP contribution in [0.2, 0.25) is 0 Å². The second kappa shape index (κ2) is 4.08. The van der Waals surface area contributed by atoms with E-state index in [-0.39, 0.29) is 0 Å². The first kappa shape index (κ1) is 11.5. The van der Waals surface area contributed by atoms with Crippen LogP contribution in [0.1, 0.15) is 49.0 Å². The van der Waals surface area contributed by atoms with Gasteiger partial charge in [0.25, 0.3) is 0 Å². The van der Waals surface area contributed by atoms with E-state index < -0.39 is 0 Å². The molecule has 0 spiro atoms. The molecule has 4 fully saturated rings. The third kappa shape index (κ3) is 1.69. The Balaban J connectivity index is 1.66. The average molecular weight is 261 g/mol. The third-order valence-corrected chi connectivity index (χ3v) is 6.59. The fourth-order valence-corrected chi connectivity index (χ4v) is 6.41. The minimum Gasteiger partial charge on any atom is -0.315 e. The van der Waals surface area contributed by atoms with E-state index in [1.807, 2.05) is 18.4 Å². The fraction of sp³-hybridized carbons (Fsp3) is 0.750. The molecule has 1 aromatic rings. The monoisotopic (exact) mass is 261 g/mol. The van der Waals surface area contributed by atoms with Crippen LogP contribution in [0.25, 0.3) is 0 Å². The molecule has 1 heterocycles. The molecule has 0 aliphatic heterocycles. The van der Waals surface area contributed by atoms with Crippen molar-refractivity contribution in [3.8, 4) is 0 Å². The van der Waals surface area contributed by atoms with Crippen molar-refractivity contribution in [1.29, 1.82) is 0 Å². The first-order chi connectivity index (χ1) is 8.77. The highest BCUT2D eigenvalue weighted by Crippen LogP contribution is 2.61. The van der Waals surface area contributed by atoms with Crippen molar-refractivity contribution in [1.82, 2.24) is 5.32 Å². The Kier molecular flexibility index (Phi) is 2.60. The zero-order valence-corrected chi connectivity index (χ0v) is 12.1. The Bertz CT molecular complexity index is 412. The molecule has 4 aliphatic rings. The molecule has 4 saturated carbocycles. The highest BCUT2D eigenvalue weighted by molar-refractivity contribution is 7.10. The van der Waals surface area contributed by atoms with Gasteiger partial charge < -0.3 is 5.32 Å². The summed E-state index contributed by atoms with van der Waals surface area (Å²) in [6, 6.07) is 2.51. The number of hydrogen-bond acceptors (Lipinski definition) is 2. The molecule has 0 saturated heterocycles. The summed E-state index contributed by atoms with van der Waals surface area (Å²) in [5.74, 6) is 3.18. The first-order valence-corrected chi connectivity index (χ1v) is 8.38. The molecule has 18 heavy (non-hydrogen) atoms. The van der Waals surface area contributed by atoms with E-state index in [2.05, 4.69) is 16.8 Å². The molecule has 0 aromatic carbocycles. The smallest absolute Gasteiger partial charge is 0.0296 e. The molecule has 0 radical (unpaired) electrons. The number of nitrogens with one attached hydrogen (secondary N) is 1. The first-order valence-electron chi connectivity index (χ1n) is 7.50. The van der Waals surface area contributed by atoms with Crippen molar-refractivity contribution in [2.24, 2.45) is 17.8 Å². The van der Waals surface area contributed by atoms with Gasteiger partial charge in [0.15, 0.2) is 0 Å². The standard InChI is InChI=1S/C16H23NS/c1-17-9-15-5-14(10-18-15)16-6-11-2-12(7-16)4-13(3-11)8-16/h5,10-13,17H,2-4,6-9H2,1H3. The Morgan fingerprint density at radius 3 is 2.33 bits per heavy atom. The summed E-state index contributed by atoms with van der Waals surface area (Å²) in [6.07, 6.45) is 9.13. The van der Waals surface area contributed by atoms with Gasteiger partial charge in [-0.15, -0.1) is 11.3 Å². The minimum atomic E-state index is 0.594. The maximum absolute atomic E-state index is 3.28. The van der Waals surface area contributed by atoms with Crippen molar-refractivity contribution in [3.05, 3.63) is 21.9 Å². The Morgan fingerprint density at radius 2 is 1.78 bits per heavy atom.